The number of aryl methyl sites for hydroxylation is 1. The highest BCUT2D eigenvalue weighted by molar-refractivity contribution is 6.24. The molecule has 2 aromatic rings. The Morgan fingerprint density at radius 2 is 1.70 bits per heavy atom. The summed E-state index contributed by atoms with van der Waals surface area (Å²) in [5, 5.41) is 44.6. The number of fused-ring (bicyclic) bond motifs is 3. The molecule has 0 aromatic heterocycles. The van der Waals surface area contributed by atoms with E-state index in [4.69, 9.17) is 5.73 Å². The zero-order valence-electron chi connectivity index (χ0n) is 20.6. The molecule has 0 unspecified atom stereocenters. The van der Waals surface area contributed by atoms with Gasteiger partial charge in [0.25, 0.3) is 5.91 Å². The van der Waals surface area contributed by atoms with E-state index in [0.29, 0.717) is 5.56 Å². The zero-order chi connectivity index (χ0) is 27.0. The number of carbonyl (C=O) groups excluding carboxylic acids is 3. The quantitative estimate of drug-likeness (QED) is 0.396. The van der Waals surface area contributed by atoms with Crippen molar-refractivity contribution in [2.75, 3.05) is 14.1 Å². The molecule has 3 aliphatic rings. The van der Waals surface area contributed by atoms with E-state index in [1.165, 1.54) is 11.0 Å². The van der Waals surface area contributed by atoms with Crippen molar-refractivity contribution in [2.24, 2.45) is 17.6 Å². The number of rotatable bonds is 3. The first-order valence-electron chi connectivity index (χ1n) is 12.0. The van der Waals surface area contributed by atoms with Crippen LogP contribution in [0.25, 0.3) is 16.9 Å². The number of phenolic OH excluding ortho intramolecular Hbond substituents is 1. The highest BCUT2D eigenvalue weighted by Crippen LogP contribution is 2.53. The SMILES string of the molecule is Cc1ccc(-c2ccc(O)c3c2C[C@H]2C[C@H]4[C@H](N(C)C)C(=O)C(C(N)=O)=C(O)[C@@]4(O)C(=O)C2=C3O)cc1. The van der Waals surface area contributed by atoms with Gasteiger partial charge >= 0.3 is 0 Å². The van der Waals surface area contributed by atoms with E-state index in [0.717, 1.165) is 16.7 Å². The number of benzene rings is 2. The highest BCUT2D eigenvalue weighted by Gasteiger charge is 2.64. The Hall–Kier alpha value is -3.95. The second kappa shape index (κ2) is 8.29. The number of carbonyl (C=O) groups is 3. The van der Waals surface area contributed by atoms with Crippen LogP contribution >= 0.6 is 0 Å². The second-order valence-corrected chi connectivity index (χ2v) is 10.3. The zero-order valence-corrected chi connectivity index (χ0v) is 20.6. The normalized spacial score (nSPS) is 27.2. The fraction of sp³-hybridized carbons (Fsp3) is 0.321. The molecule has 1 saturated carbocycles. The summed E-state index contributed by atoms with van der Waals surface area (Å²) in [6.45, 7) is 1.96. The van der Waals surface area contributed by atoms with Crippen LogP contribution in [0.1, 0.15) is 23.1 Å². The van der Waals surface area contributed by atoms with Gasteiger partial charge in [-0.25, -0.2) is 0 Å². The van der Waals surface area contributed by atoms with Crippen LogP contribution in [-0.2, 0) is 20.8 Å². The molecule has 0 aliphatic heterocycles. The van der Waals surface area contributed by atoms with E-state index in [2.05, 4.69) is 0 Å². The fourth-order valence-electron chi connectivity index (χ4n) is 6.25. The first kappa shape index (κ1) is 24.7. The first-order chi connectivity index (χ1) is 17.4. The fourth-order valence-corrected chi connectivity index (χ4v) is 6.25. The molecule has 1 amide bonds. The van der Waals surface area contributed by atoms with Crippen molar-refractivity contribution < 1.29 is 34.8 Å². The molecule has 0 spiro atoms. The molecule has 3 aliphatic carbocycles. The molecule has 0 radical (unpaired) electrons. The molecular formula is C28H28N2O7. The topological polar surface area (TPSA) is 161 Å². The van der Waals surface area contributed by atoms with Gasteiger partial charge in [-0.15, -0.1) is 0 Å². The molecule has 4 atom stereocenters. The van der Waals surface area contributed by atoms with Crippen LogP contribution in [0, 0.1) is 18.8 Å². The molecule has 5 rings (SSSR count). The Morgan fingerprint density at radius 1 is 1.05 bits per heavy atom. The predicted molar refractivity (Wildman–Crippen MR) is 134 cm³/mol. The number of phenols is 1. The number of nitrogens with zero attached hydrogens (tertiary/aromatic N) is 1. The third-order valence-electron chi connectivity index (χ3n) is 7.97. The summed E-state index contributed by atoms with van der Waals surface area (Å²) in [7, 11) is 3.14. The van der Waals surface area contributed by atoms with Gasteiger partial charge in [-0.1, -0.05) is 35.9 Å². The van der Waals surface area contributed by atoms with Crippen molar-refractivity contribution in [3.05, 3.63) is 70.0 Å². The Balaban J connectivity index is 1.74. The summed E-state index contributed by atoms with van der Waals surface area (Å²) in [6.07, 6.45) is 0.293. The summed E-state index contributed by atoms with van der Waals surface area (Å²) < 4.78 is 0. The van der Waals surface area contributed by atoms with Gasteiger partial charge in [0.2, 0.25) is 5.78 Å². The van der Waals surface area contributed by atoms with Gasteiger partial charge in [0.15, 0.2) is 11.4 Å². The molecule has 9 nitrogen and oxygen atoms in total. The van der Waals surface area contributed by atoms with Gasteiger partial charge in [-0.2, -0.15) is 0 Å². The average Bonchev–Trinajstić information content (AvgIpc) is 2.82. The lowest BCUT2D eigenvalue weighted by Gasteiger charge is -2.50. The number of hydrogen-bond acceptors (Lipinski definition) is 8. The van der Waals surface area contributed by atoms with Crippen LogP contribution < -0.4 is 5.73 Å². The number of aliphatic hydroxyl groups excluding tert-OH is 2. The number of hydrogen-bond donors (Lipinski definition) is 5. The van der Waals surface area contributed by atoms with Crippen molar-refractivity contribution in [1.82, 2.24) is 4.90 Å². The Kier molecular flexibility index (Phi) is 5.54. The predicted octanol–water partition coefficient (Wildman–Crippen LogP) is 1.94. The number of likely N-dealkylation sites (N-methyl/N-ethyl adjacent to an activating group) is 1. The summed E-state index contributed by atoms with van der Waals surface area (Å²) in [6, 6.07) is 9.82. The minimum Gasteiger partial charge on any atom is -0.508 e. The van der Waals surface area contributed by atoms with Gasteiger partial charge in [0.1, 0.15) is 22.8 Å². The first-order valence-corrected chi connectivity index (χ1v) is 12.0. The van der Waals surface area contributed by atoms with Crippen LogP contribution in [0.4, 0.5) is 0 Å². The number of nitrogens with two attached hydrogens (primary N) is 1. The third kappa shape index (κ3) is 3.34. The maximum Gasteiger partial charge on any atom is 0.255 e. The average molecular weight is 505 g/mol. The summed E-state index contributed by atoms with van der Waals surface area (Å²) in [4.78, 5) is 40.6. The molecule has 9 heteroatoms. The lowest BCUT2D eigenvalue weighted by molar-refractivity contribution is -0.153. The molecule has 0 bridgehead atoms. The van der Waals surface area contributed by atoms with Crippen molar-refractivity contribution in [3.63, 3.8) is 0 Å². The third-order valence-corrected chi connectivity index (χ3v) is 7.97. The standard InChI is InChI=1S/C28H28N2O7/c1-12-4-6-13(7-5-12)15-8-9-18(31)20-16(15)10-14-11-17-22(30(2)3)24(33)21(27(29)36)26(35)28(17,37)25(34)19(14)23(20)32/h4-9,14,17,22,31-32,35,37H,10-11H2,1-3H3,(H2,29,36)/t14-,17-,22-,28-/m0/s1. The van der Waals surface area contributed by atoms with E-state index in [-0.39, 0.29) is 29.7 Å². The van der Waals surface area contributed by atoms with Crippen LogP contribution in [0.15, 0.2) is 53.3 Å². The smallest absolute Gasteiger partial charge is 0.255 e. The van der Waals surface area contributed by atoms with E-state index in [1.807, 2.05) is 31.2 Å². The summed E-state index contributed by atoms with van der Waals surface area (Å²) in [5.74, 6) is -6.61. The second-order valence-electron chi connectivity index (χ2n) is 10.3. The van der Waals surface area contributed by atoms with Gasteiger partial charge < -0.3 is 26.2 Å². The molecule has 0 saturated heterocycles. The number of primary amides is 1. The maximum atomic E-state index is 13.9. The van der Waals surface area contributed by atoms with Crippen molar-refractivity contribution >= 4 is 23.2 Å². The minimum absolute atomic E-state index is 0.0504. The Bertz CT molecular complexity index is 1440. The molecule has 1 fully saturated rings. The number of Topliss-reactive ketones (excluding diaryl/α,β-unsaturated/α-hetero) is 2. The van der Waals surface area contributed by atoms with E-state index in [9.17, 15) is 34.8 Å². The Labute approximate surface area is 213 Å². The van der Waals surface area contributed by atoms with Crippen molar-refractivity contribution in [1.29, 1.82) is 0 Å². The number of amides is 1. The molecule has 37 heavy (non-hydrogen) atoms. The van der Waals surface area contributed by atoms with Crippen LogP contribution in [0.5, 0.6) is 5.75 Å². The number of aliphatic hydroxyl groups is 3. The van der Waals surface area contributed by atoms with Gasteiger partial charge in [0, 0.05) is 11.5 Å². The lowest BCUT2D eigenvalue weighted by atomic mass is 9.57. The number of ketones is 2. The molecular weight excluding hydrogens is 476 g/mol. The number of aromatic hydroxyl groups is 1. The summed E-state index contributed by atoms with van der Waals surface area (Å²) >= 11 is 0. The van der Waals surface area contributed by atoms with E-state index in [1.54, 1.807) is 20.2 Å². The Morgan fingerprint density at radius 3 is 2.30 bits per heavy atom. The van der Waals surface area contributed by atoms with E-state index < -0.39 is 58.0 Å². The van der Waals surface area contributed by atoms with Gasteiger partial charge in [-0.05, 0) is 62.5 Å². The molecule has 2 aromatic carbocycles. The lowest BCUT2D eigenvalue weighted by Crippen LogP contribution is -2.65. The monoisotopic (exact) mass is 504 g/mol. The van der Waals surface area contributed by atoms with Gasteiger partial charge in [-0.3, -0.25) is 19.3 Å². The van der Waals surface area contributed by atoms with E-state index >= 15 is 0 Å². The van der Waals surface area contributed by atoms with Crippen molar-refractivity contribution in [2.45, 2.75) is 31.4 Å². The largest absolute Gasteiger partial charge is 0.508 e. The van der Waals surface area contributed by atoms with Crippen LogP contribution in [0.2, 0.25) is 0 Å². The molecule has 6 N–H and O–H groups in total. The van der Waals surface area contributed by atoms with Gasteiger partial charge in [0.05, 0.1) is 11.6 Å². The van der Waals surface area contributed by atoms with Crippen molar-refractivity contribution in [3.8, 4) is 16.9 Å². The highest BCUT2D eigenvalue weighted by atomic mass is 16.3. The molecule has 192 valence electrons. The minimum atomic E-state index is -2.64. The van der Waals surface area contributed by atoms with Crippen LogP contribution in [-0.4, -0.2) is 68.5 Å². The molecule has 0 heterocycles. The van der Waals surface area contributed by atoms with Crippen LogP contribution in [0.3, 0.4) is 0 Å². The summed E-state index contributed by atoms with van der Waals surface area (Å²) in [5.41, 5.74) is 5.13. The maximum absolute atomic E-state index is 13.9.